The minimum absolute atomic E-state index is 0.0177. The number of hydrogen-bond donors (Lipinski definition) is 2. The number of carbonyl (C=O) groups is 2. The monoisotopic (exact) mass is 554 g/mol. The Balaban J connectivity index is 0.000000532. The molecule has 3 aromatic carbocycles. The van der Waals surface area contributed by atoms with Crippen molar-refractivity contribution in [1.29, 1.82) is 0 Å². The van der Waals surface area contributed by atoms with Crippen LogP contribution in [0.15, 0.2) is 72.8 Å². The van der Waals surface area contributed by atoms with Crippen LogP contribution < -0.4 is 16.2 Å². The Morgan fingerprint density at radius 2 is 1.36 bits per heavy atom. The Morgan fingerprint density at radius 3 is 1.82 bits per heavy atom. The lowest BCUT2D eigenvalue weighted by molar-refractivity contribution is -0.416. The molecule has 0 fully saturated rings. The number of halogens is 6. The van der Waals surface area contributed by atoms with Crippen molar-refractivity contribution in [3.8, 4) is 11.1 Å². The van der Waals surface area contributed by atoms with E-state index in [4.69, 9.17) is 14.6 Å². The van der Waals surface area contributed by atoms with Gasteiger partial charge in [-0.3, -0.25) is 0 Å². The fourth-order valence-corrected chi connectivity index (χ4v) is 4.11. The van der Waals surface area contributed by atoms with E-state index in [9.17, 15) is 31.1 Å². The number of amides is 1. The van der Waals surface area contributed by atoms with Crippen LogP contribution in [-0.2, 0) is 22.1 Å². The third kappa shape index (κ3) is 7.96. The molecule has 1 aliphatic carbocycles. The highest BCUT2D eigenvalue weighted by molar-refractivity contribution is 5.79. The summed E-state index contributed by atoms with van der Waals surface area (Å²) in [5.74, 6) is -3.02. The third-order valence-electron chi connectivity index (χ3n) is 5.92. The molecule has 0 radical (unpaired) electrons. The number of carboxylic acids is 1. The Hall–Kier alpha value is -4.06. The second-order valence-corrected chi connectivity index (χ2v) is 8.76. The highest BCUT2D eigenvalue weighted by Gasteiger charge is 2.31. The SMILES string of the molecule is O=C([O-])C(F)(F)F.[NH3+][C@@H](CNC(=O)OCC1c2ccccc2-c2ccccc21)Cc1ccc(C(F)(F)F)cc1. The van der Waals surface area contributed by atoms with Crippen molar-refractivity contribution < 1.29 is 51.5 Å². The fourth-order valence-electron chi connectivity index (χ4n) is 4.11. The van der Waals surface area contributed by atoms with E-state index in [1.54, 1.807) is 0 Å². The smallest absolute Gasteiger partial charge is 0.430 e. The second kappa shape index (κ2) is 12.2. The number of alkyl halides is 6. The van der Waals surface area contributed by atoms with E-state index >= 15 is 0 Å². The lowest BCUT2D eigenvalue weighted by Gasteiger charge is -2.15. The molecule has 4 rings (SSSR count). The number of alkyl carbamates (subject to hydrolysis) is 1. The second-order valence-electron chi connectivity index (χ2n) is 8.76. The molecular formula is C27H24F6N2O4. The van der Waals surface area contributed by atoms with Crippen LogP contribution in [-0.4, -0.2) is 37.4 Å². The molecule has 39 heavy (non-hydrogen) atoms. The standard InChI is InChI=1S/C25H23F3N2O2.C2HF3O2/c26-25(27,28)17-11-9-16(10-12-17)13-18(29)14-30-24(31)32-15-23-21-7-3-1-5-19(21)20-6-2-4-8-22(20)23;3-2(4,5)1(6)7/h1-12,18,23H,13-15,29H2,(H,30,31);(H,6,7)/t18-;/m1./s1. The van der Waals surface area contributed by atoms with Gasteiger partial charge in [0.25, 0.3) is 0 Å². The van der Waals surface area contributed by atoms with E-state index in [-0.39, 0.29) is 25.1 Å². The Labute approximate surface area is 219 Å². The van der Waals surface area contributed by atoms with Crippen LogP contribution in [0.25, 0.3) is 11.1 Å². The average Bonchev–Trinajstić information content (AvgIpc) is 3.19. The number of carbonyl (C=O) groups excluding carboxylic acids is 2. The first-order valence-electron chi connectivity index (χ1n) is 11.6. The summed E-state index contributed by atoms with van der Waals surface area (Å²) in [5, 5.41) is 11.5. The van der Waals surface area contributed by atoms with E-state index in [0.717, 1.165) is 39.9 Å². The molecule has 0 aromatic heterocycles. The van der Waals surface area contributed by atoms with Gasteiger partial charge in [0.05, 0.1) is 12.1 Å². The van der Waals surface area contributed by atoms with Crippen molar-refractivity contribution in [3.05, 3.63) is 95.1 Å². The van der Waals surface area contributed by atoms with Gasteiger partial charge < -0.3 is 25.7 Å². The molecule has 0 saturated heterocycles. The minimum atomic E-state index is -5.19. The van der Waals surface area contributed by atoms with E-state index in [1.807, 2.05) is 24.3 Å². The summed E-state index contributed by atoms with van der Waals surface area (Å²) in [6.45, 7) is 0.484. The fraction of sp³-hybridized carbons (Fsp3) is 0.259. The quantitative estimate of drug-likeness (QED) is 0.454. The van der Waals surface area contributed by atoms with Gasteiger partial charge in [-0.25, -0.2) is 4.79 Å². The van der Waals surface area contributed by atoms with E-state index < -0.39 is 30.0 Å². The van der Waals surface area contributed by atoms with Crippen molar-refractivity contribution >= 4 is 12.1 Å². The van der Waals surface area contributed by atoms with Crippen LogP contribution in [0.1, 0.15) is 28.2 Å². The molecule has 3 aromatic rings. The first-order valence-corrected chi connectivity index (χ1v) is 11.6. The summed E-state index contributed by atoms with van der Waals surface area (Å²) < 4.78 is 75.0. The molecular weight excluding hydrogens is 530 g/mol. The summed E-state index contributed by atoms with van der Waals surface area (Å²) in [7, 11) is 0. The zero-order valence-corrected chi connectivity index (χ0v) is 20.3. The molecule has 0 unspecified atom stereocenters. The molecule has 0 bridgehead atoms. The van der Waals surface area contributed by atoms with Crippen molar-refractivity contribution in [2.24, 2.45) is 0 Å². The van der Waals surface area contributed by atoms with E-state index in [1.165, 1.54) is 12.1 Å². The lowest BCUT2D eigenvalue weighted by atomic mass is 9.98. The number of carboxylic acid groups (broad SMARTS) is 1. The predicted molar refractivity (Wildman–Crippen MR) is 126 cm³/mol. The number of nitrogens with one attached hydrogen (secondary N) is 1. The maximum atomic E-state index is 12.7. The van der Waals surface area contributed by atoms with Crippen LogP contribution in [0.5, 0.6) is 0 Å². The molecule has 208 valence electrons. The lowest BCUT2D eigenvalue weighted by Crippen LogP contribution is -2.66. The van der Waals surface area contributed by atoms with Gasteiger partial charge in [-0.15, -0.1) is 0 Å². The maximum absolute atomic E-state index is 12.7. The summed E-state index contributed by atoms with van der Waals surface area (Å²) in [6, 6.07) is 21.0. The number of rotatable bonds is 6. The summed E-state index contributed by atoms with van der Waals surface area (Å²) in [4.78, 5) is 21.0. The molecule has 0 saturated carbocycles. The average molecular weight is 554 g/mol. The highest BCUT2D eigenvalue weighted by Crippen LogP contribution is 2.44. The van der Waals surface area contributed by atoms with Crippen molar-refractivity contribution in [3.63, 3.8) is 0 Å². The summed E-state index contributed by atoms with van der Waals surface area (Å²) in [5.41, 5.74) is 8.62. The summed E-state index contributed by atoms with van der Waals surface area (Å²) >= 11 is 0. The minimum Gasteiger partial charge on any atom is -0.542 e. The Kier molecular flexibility index (Phi) is 9.23. The van der Waals surface area contributed by atoms with Crippen LogP contribution in [0.2, 0.25) is 0 Å². The first-order chi connectivity index (χ1) is 18.3. The van der Waals surface area contributed by atoms with Gasteiger partial charge in [-0.05, 0) is 39.9 Å². The number of ether oxygens (including phenoxy) is 1. The molecule has 0 aliphatic heterocycles. The molecule has 0 spiro atoms. The van der Waals surface area contributed by atoms with Crippen molar-refractivity contribution in [1.82, 2.24) is 5.32 Å². The van der Waals surface area contributed by atoms with E-state index in [0.29, 0.717) is 6.42 Å². The van der Waals surface area contributed by atoms with Crippen LogP contribution in [0, 0.1) is 0 Å². The van der Waals surface area contributed by atoms with Gasteiger partial charge in [0.2, 0.25) is 0 Å². The number of quaternary nitrogens is 1. The number of hydrogen-bond acceptors (Lipinski definition) is 4. The van der Waals surface area contributed by atoms with Crippen molar-refractivity contribution in [2.75, 3.05) is 13.2 Å². The maximum Gasteiger partial charge on any atom is 0.430 e. The normalized spacial score (nSPS) is 13.4. The molecule has 4 N–H and O–H groups in total. The molecule has 6 nitrogen and oxygen atoms in total. The van der Waals surface area contributed by atoms with Crippen LogP contribution in [0.3, 0.4) is 0 Å². The van der Waals surface area contributed by atoms with Crippen LogP contribution in [0.4, 0.5) is 31.1 Å². The van der Waals surface area contributed by atoms with Gasteiger partial charge in [0.15, 0.2) is 0 Å². The largest absolute Gasteiger partial charge is 0.542 e. The molecule has 12 heteroatoms. The molecule has 1 atom stereocenters. The topological polar surface area (TPSA) is 106 Å². The number of aliphatic carboxylic acids is 1. The van der Waals surface area contributed by atoms with Gasteiger partial charge in [0, 0.05) is 12.3 Å². The zero-order chi connectivity index (χ0) is 28.8. The van der Waals surface area contributed by atoms with Crippen LogP contribution >= 0.6 is 0 Å². The van der Waals surface area contributed by atoms with Gasteiger partial charge in [0.1, 0.15) is 18.6 Å². The molecule has 1 amide bonds. The van der Waals surface area contributed by atoms with Gasteiger partial charge in [-0.2, -0.15) is 26.3 Å². The van der Waals surface area contributed by atoms with Gasteiger partial charge in [-0.1, -0.05) is 60.7 Å². The highest BCUT2D eigenvalue weighted by atomic mass is 19.4. The predicted octanol–water partition coefficient (Wildman–Crippen LogP) is 3.70. The van der Waals surface area contributed by atoms with Crippen molar-refractivity contribution in [2.45, 2.75) is 30.7 Å². The third-order valence-corrected chi connectivity index (χ3v) is 5.92. The van der Waals surface area contributed by atoms with E-state index in [2.05, 4.69) is 35.3 Å². The molecule has 1 aliphatic rings. The summed E-state index contributed by atoms with van der Waals surface area (Å²) in [6.07, 6.45) is -9.64. The Bertz CT molecular complexity index is 1250. The zero-order valence-electron chi connectivity index (χ0n) is 20.3. The first kappa shape index (κ1) is 29.5. The Morgan fingerprint density at radius 1 is 0.872 bits per heavy atom. The number of fused-ring (bicyclic) bond motifs is 3. The number of benzene rings is 3. The van der Waals surface area contributed by atoms with Gasteiger partial charge >= 0.3 is 18.4 Å². The molecule has 0 heterocycles.